The van der Waals surface area contributed by atoms with Gasteiger partial charge in [0, 0.05) is 39.2 Å². The van der Waals surface area contributed by atoms with Crippen LogP contribution in [0.1, 0.15) is 92.4 Å². The van der Waals surface area contributed by atoms with Crippen LogP contribution in [-0.2, 0) is 47.5 Å². The minimum Gasteiger partial charge on any atom is -0.462 e. The number of fused-ring (bicyclic) bond motifs is 5. The summed E-state index contributed by atoms with van der Waals surface area (Å²) >= 11 is 0. The molecule has 0 bridgehead atoms. The average molecular weight is 746 g/mol. The van der Waals surface area contributed by atoms with E-state index in [1.807, 2.05) is 13.8 Å². The number of carbonyl (C=O) groups excluding carboxylic acids is 2. The smallest absolute Gasteiger partial charge is 0.306 e. The van der Waals surface area contributed by atoms with Gasteiger partial charge in [0.1, 0.15) is 24.4 Å². The fourth-order valence-electron chi connectivity index (χ4n) is 10.8. The third-order valence-corrected chi connectivity index (χ3v) is 13.7. The van der Waals surface area contributed by atoms with Crippen molar-refractivity contribution >= 4 is 11.8 Å². The Morgan fingerprint density at radius 3 is 2.21 bits per heavy atom. The van der Waals surface area contributed by atoms with E-state index in [1.165, 1.54) is 5.57 Å². The molecule has 0 radical (unpaired) electrons. The van der Waals surface area contributed by atoms with Crippen molar-refractivity contribution in [3.05, 3.63) is 23.3 Å². The van der Waals surface area contributed by atoms with E-state index >= 15 is 0 Å². The summed E-state index contributed by atoms with van der Waals surface area (Å²) in [5, 5.41) is 0. The molecule has 1 saturated carbocycles. The third kappa shape index (κ3) is 8.53. The summed E-state index contributed by atoms with van der Waals surface area (Å²) in [4.78, 5) is 30.5. The second-order valence-electron chi connectivity index (χ2n) is 17.0. The molecule has 0 spiro atoms. The molecular formula is C42H67NO10. The van der Waals surface area contributed by atoms with E-state index in [1.54, 1.807) is 21.3 Å². The minimum absolute atomic E-state index is 0.0364. The van der Waals surface area contributed by atoms with Crippen molar-refractivity contribution in [1.29, 1.82) is 0 Å². The van der Waals surface area contributed by atoms with Gasteiger partial charge in [-0.15, -0.1) is 0 Å². The van der Waals surface area contributed by atoms with E-state index in [4.69, 9.17) is 37.9 Å². The number of nitrogens with zero attached hydrogens (tertiary/aromatic N) is 1. The standard InChI is InChI=1S/C42H67NO10/c1-11-26-13-12-14-35(53-37-16-15-34(43(6)7)24(4)49-37)23(3)38(45)33-20-31-29(32(33)21-36(44)51-26)17-22(2)28-18-27(19-30(28)31)52-42-41(48-10)40(47-9)39(46-8)25(5)50-42/h17,20,23-32,34-35,37,39-42H,11-16,18-19,21H2,1-10H3/t23?,24-,25+,26?,27-,28+,29-,30-,31-,32+,34?,35+,37+,39+,40-,41-,42+/m1/s1. The first-order valence-corrected chi connectivity index (χ1v) is 20.4. The summed E-state index contributed by atoms with van der Waals surface area (Å²) in [5.41, 5.74) is 2.07. The van der Waals surface area contributed by atoms with Gasteiger partial charge in [0.25, 0.3) is 0 Å². The van der Waals surface area contributed by atoms with Gasteiger partial charge in [-0.1, -0.05) is 31.6 Å². The fourth-order valence-corrected chi connectivity index (χ4v) is 10.8. The quantitative estimate of drug-likeness (QED) is 0.209. The Hall–Kier alpha value is -1.70. The first kappa shape index (κ1) is 40.9. The Balaban J connectivity index is 1.23. The van der Waals surface area contributed by atoms with Crippen LogP contribution in [0.15, 0.2) is 23.3 Å². The topological polar surface area (TPSA) is 111 Å². The average Bonchev–Trinajstić information content (AvgIpc) is 3.71. The highest BCUT2D eigenvalue weighted by Gasteiger charge is 2.53. The van der Waals surface area contributed by atoms with Crippen molar-refractivity contribution in [2.75, 3.05) is 35.4 Å². The maximum absolute atomic E-state index is 14.7. The van der Waals surface area contributed by atoms with Gasteiger partial charge in [0.05, 0.1) is 30.8 Å². The molecule has 3 aliphatic carbocycles. The van der Waals surface area contributed by atoms with Gasteiger partial charge in [-0.2, -0.15) is 0 Å². The van der Waals surface area contributed by atoms with Crippen molar-refractivity contribution in [3.63, 3.8) is 0 Å². The lowest BCUT2D eigenvalue weighted by Crippen LogP contribution is -2.59. The number of hydrogen-bond acceptors (Lipinski definition) is 11. The minimum atomic E-state index is -0.598. The Labute approximate surface area is 317 Å². The van der Waals surface area contributed by atoms with Crippen molar-refractivity contribution in [2.24, 2.45) is 35.5 Å². The lowest BCUT2D eigenvalue weighted by molar-refractivity contribution is -0.314. The zero-order chi connectivity index (χ0) is 38.1. The molecule has 53 heavy (non-hydrogen) atoms. The van der Waals surface area contributed by atoms with E-state index in [9.17, 15) is 9.59 Å². The van der Waals surface area contributed by atoms with Gasteiger partial charge >= 0.3 is 5.97 Å². The first-order chi connectivity index (χ1) is 25.4. The monoisotopic (exact) mass is 745 g/mol. The lowest BCUT2D eigenvalue weighted by Gasteiger charge is -2.44. The number of Topliss-reactive ketones (excluding diaryl/α,β-unsaturated/α-hetero) is 1. The summed E-state index contributed by atoms with van der Waals surface area (Å²) in [5.74, 6) is 0.00947. The van der Waals surface area contributed by atoms with Crippen LogP contribution in [0, 0.1) is 35.5 Å². The summed E-state index contributed by atoms with van der Waals surface area (Å²) in [6.07, 6.45) is 8.58. The zero-order valence-corrected chi connectivity index (χ0v) is 33.9. The number of cyclic esters (lactones) is 1. The Kier molecular flexibility index (Phi) is 13.6. The largest absolute Gasteiger partial charge is 0.462 e. The van der Waals surface area contributed by atoms with Gasteiger partial charge in [-0.3, -0.25) is 9.59 Å². The van der Waals surface area contributed by atoms with E-state index in [-0.39, 0.29) is 96.8 Å². The fraction of sp³-hybridized carbons (Fsp3) is 0.857. The molecule has 0 amide bonds. The molecule has 11 nitrogen and oxygen atoms in total. The van der Waals surface area contributed by atoms with Crippen molar-refractivity contribution < 1.29 is 47.5 Å². The third-order valence-electron chi connectivity index (χ3n) is 13.7. The molecule has 0 N–H and O–H groups in total. The summed E-state index contributed by atoms with van der Waals surface area (Å²) in [7, 11) is 9.16. The second kappa shape index (κ2) is 17.6. The Bertz CT molecular complexity index is 1330. The van der Waals surface area contributed by atoms with Crippen LogP contribution in [0.3, 0.4) is 0 Å². The highest BCUT2D eigenvalue weighted by Crippen LogP contribution is 2.56. The summed E-state index contributed by atoms with van der Waals surface area (Å²) < 4.78 is 49.8. The lowest BCUT2D eigenvalue weighted by atomic mass is 9.67. The summed E-state index contributed by atoms with van der Waals surface area (Å²) in [6.45, 7) is 10.4. The van der Waals surface area contributed by atoms with Crippen molar-refractivity contribution in [2.45, 2.75) is 160 Å². The maximum atomic E-state index is 14.7. The Morgan fingerprint density at radius 2 is 1.55 bits per heavy atom. The van der Waals surface area contributed by atoms with Crippen LogP contribution < -0.4 is 0 Å². The first-order valence-electron chi connectivity index (χ1n) is 20.4. The summed E-state index contributed by atoms with van der Waals surface area (Å²) in [6, 6.07) is 0.337. The van der Waals surface area contributed by atoms with Gasteiger partial charge in [-0.25, -0.2) is 0 Å². The van der Waals surface area contributed by atoms with Crippen molar-refractivity contribution in [1.82, 2.24) is 4.90 Å². The number of ether oxygens (including phenoxy) is 8. The molecule has 300 valence electrons. The molecular weight excluding hydrogens is 678 g/mol. The van der Waals surface area contributed by atoms with Gasteiger partial charge in [0.2, 0.25) is 0 Å². The number of allylic oxidation sites excluding steroid dienone is 4. The normalized spacial score (nSPS) is 45.3. The van der Waals surface area contributed by atoms with Gasteiger partial charge in [0.15, 0.2) is 18.4 Å². The molecule has 3 unspecified atom stereocenters. The molecule has 11 heteroatoms. The molecule has 3 saturated heterocycles. The molecule has 0 aromatic rings. The van der Waals surface area contributed by atoms with E-state index in [0.29, 0.717) is 18.4 Å². The SMILES string of the molecule is CCC1CCC[C@H](O[C@H]2CCC(N(C)C)[C@@H](C)O2)C(C)C(=O)C2=C[C@@H]3[C@@H](C=C(C)[C@@H]4C[C@@H](O[C@@H]5O[C@@H](C)[C@H](OC)[C@@H](OC)[C@H]5OC)C[C@@H]34)[C@@H]2CC(=O)O1. The van der Waals surface area contributed by atoms with Crippen LogP contribution in [0.5, 0.6) is 0 Å². The number of hydrogen-bond donors (Lipinski definition) is 0. The van der Waals surface area contributed by atoms with E-state index in [2.05, 4.69) is 51.9 Å². The van der Waals surface area contributed by atoms with E-state index in [0.717, 1.165) is 50.5 Å². The number of methoxy groups -OCH3 is 3. The predicted molar refractivity (Wildman–Crippen MR) is 199 cm³/mol. The number of ketones is 1. The zero-order valence-electron chi connectivity index (χ0n) is 33.9. The molecule has 0 aromatic heterocycles. The molecule has 0 aromatic carbocycles. The molecule has 4 fully saturated rings. The number of esters is 1. The number of likely N-dealkylation sites (N-methyl/N-ethyl adjacent to an activating group) is 1. The molecule has 6 rings (SSSR count). The number of rotatable bonds is 9. The highest BCUT2D eigenvalue weighted by atomic mass is 16.7. The van der Waals surface area contributed by atoms with Crippen LogP contribution in [0.25, 0.3) is 0 Å². The maximum Gasteiger partial charge on any atom is 0.306 e. The van der Waals surface area contributed by atoms with Gasteiger partial charge < -0.3 is 42.8 Å². The second-order valence-corrected chi connectivity index (χ2v) is 17.0. The molecule has 3 heterocycles. The van der Waals surface area contributed by atoms with E-state index < -0.39 is 12.4 Å². The van der Waals surface area contributed by atoms with Crippen LogP contribution in [-0.4, -0.2) is 120 Å². The number of carbonyl (C=O) groups is 2. The predicted octanol–water partition coefficient (Wildman–Crippen LogP) is 5.88. The molecule has 17 atom stereocenters. The van der Waals surface area contributed by atoms with Crippen LogP contribution in [0.4, 0.5) is 0 Å². The van der Waals surface area contributed by atoms with Crippen LogP contribution in [0.2, 0.25) is 0 Å². The molecule has 3 aliphatic heterocycles. The van der Waals surface area contributed by atoms with Crippen LogP contribution >= 0.6 is 0 Å². The highest BCUT2D eigenvalue weighted by molar-refractivity contribution is 5.99. The van der Waals surface area contributed by atoms with Gasteiger partial charge in [-0.05, 0) is 115 Å². The van der Waals surface area contributed by atoms with Crippen molar-refractivity contribution in [3.8, 4) is 0 Å². The Morgan fingerprint density at radius 1 is 0.811 bits per heavy atom. The molecule has 6 aliphatic rings.